The first kappa shape index (κ1) is 14.0. The molecule has 1 aliphatic heterocycles. The average Bonchev–Trinajstić information content (AvgIpc) is 2.44. The van der Waals surface area contributed by atoms with E-state index in [1.807, 2.05) is 24.4 Å². The van der Waals surface area contributed by atoms with Gasteiger partial charge in [-0.2, -0.15) is 0 Å². The van der Waals surface area contributed by atoms with Gasteiger partial charge in [0.2, 0.25) is 0 Å². The Morgan fingerprint density at radius 2 is 1.86 bits per heavy atom. The van der Waals surface area contributed by atoms with Gasteiger partial charge in [-0.3, -0.25) is 0 Å². The van der Waals surface area contributed by atoms with Crippen LogP contribution in [0.15, 0.2) is 24.4 Å². The van der Waals surface area contributed by atoms with Gasteiger partial charge in [-0.05, 0) is 35.4 Å². The number of rotatable bonds is 3. The predicted molar refractivity (Wildman–Crippen MR) is 85.3 cm³/mol. The van der Waals surface area contributed by atoms with E-state index in [0.29, 0.717) is 18.6 Å². The summed E-state index contributed by atoms with van der Waals surface area (Å²) in [4.78, 5) is 4.47. The number of nitrogens with zero attached hydrogens (tertiary/aromatic N) is 1. The highest BCUT2D eigenvalue weighted by molar-refractivity contribution is 5.94. The molecule has 4 nitrogen and oxygen atoms in total. The fourth-order valence-electron chi connectivity index (χ4n) is 2.41. The molecule has 0 saturated carbocycles. The van der Waals surface area contributed by atoms with Crippen LogP contribution in [-0.2, 0) is 0 Å². The van der Waals surface area contributed by atoms with Crippen molar-refractivity contribution in [2.45, 2.75) is 27.2 Å². The number of hydrogen-bond donors (Lipinski definition) is 1. The van der Waals surface area contributed by atoms with Crippen LogP contribution in [0.5, 0.6) is 11.5 Å². The summed E-state index contributed by atoms with van der Waals surface area (Å²) in [6.07, 6.45) is 2.92. The van der Waals surface area contributed by atoms with Crippen molar-refractivity contribution in [3.8, 4) is 11.5 Å². The first-order valence-electron chi connectivity index (χ1n) is 7.45. The Bertz CT molecular complexity index is 647. The summed E-state index contributed by atoms with van der Waals surface area (Å²) in [5.74, 6) is 2.54. The second kappa shape index (κ2) is 5.43. The minimum absolute atomic E-state index is 0.313. The summed E-state index contributed by atoms with van der Waals surface area (Å²) >= 11 is 0. The van der Waals surface area contributed by atoms with Crippen LogP contribution < -0.4 is 14.8 Å². The number of ether oxygens (including phenoxy) is 2. The third-order valence-electron chi connectivity index (χ3n) is 3.59. The van der Waals surface area contributed by atoms with Crippen molar-refractivity contribution < 1.29 is 9.47 Å². The summed E-state index contributed by atoms with van der Waals surface area (Å²) in [7, 11) is 0. The van der Waals surface area contributed by atoms with Crippen LogP contribution in [0.3, 0.4) is 0 Å². The minimum atomic E-state index is 0.313. The number of pyridine rings is 1. The molecule has 0 saturated heterocycles. The summed E-state index contributed by atoms with van der Waals surface area (Å²) in [5.41, 5.74) is 0.313. The van der Waals surface area contributed by atoms with E-state index in [9.17, 15) is 0 Å². The number of aromatic nitrogens is 1. The van der Waals surface area contributed by atoms with Crippen LogP contribution in [-0.4, -0.2) is 24.7 Å². The van der Waals surface area contributed by atoms with Gasteiger partial charge in [-0.1, -0.05) is 20.8 Å². The molecule has 1 aromatic carbocycles. The van der Waals surface area contributed by atoms with Gasteiger partial charge in [0, 0.05) is 18.1 Å². The molecule has 0 aliphatic carbocycles. The van der Waals surface area contributed by atoms with E-state index in [1.54, 1.807) is 0 Å². The highest BCUT2D eigenvalue weighted by Crippen LogP contribution is 2.36. The first-order chi connectivity index (χ1) is 10.0. The largest absolute Gasteiger partial charge is 0.486 e. The number of benzene rings is 1. The van der Waals surface area contributed by atoms with E-state index in [0.717, 1.165) is 41.1 Å². The lowest BCUT2D eigenvalue weighted by atomic mass is 9.92. The van der Waals surface area contributed by atoms with E-state index in [-0.39, 0.29) is 0 Å². The Kier molecular flexibility index (Phi) is 3.62. The fourth-order valence-corrected chi connectivity index (χ4v) is 2.41. The Hall–Kier alpha value is -1.97. The van der Waals surface area contributed by atoms with Crippen LogP contribution in [0.4, 0.5) is 5.82 Å². The van der Waals surface area contributed by atoms with Crippen molar-refractivity contribution in [2.75, 3.05) is 25.1 Å². The SMILES string of the molecule is CC(C)(C)CCNc1nccc2cc3c(cc12)OCCO3. The Morgan fingerprint density at radius 1 is 1.14 bits per heavy atom. The van der Waals surface area contributed by atoms with Crippen molar-refractivity contribution >= 4 is 16.6 Å². The maximum atomic E-state index is 5.66. The van der Waals surface area contributed by atoms with Gasteiger partial charge < -0.3 is 14.8 Å². The molecule has 0 fully saturated rings. The van der Waals surface area contributed by atoms with Gasteiger partial charge >= 0.3 is 0 Å². The predicted octanol–water partition coefficient (Wildman–Crippen LogP) is 3.85. The number of fused-ring (bicyclic) bond motifs is 2. The van der Waals surface area contributed by atoms with Gasteiger partial charge in [-0.15, -0.1) is 0 Å². The van der Waals surface area contributed by atoms with Gasteiger partial charge in [0.15, 0.2) is 11.5 Å². The molecule has 0 bridgehead atoms. The average molecular weight is 286 g/mol. The van der Waals surface area contributed by atoms with E-state index in [4.69, 9.17) is 9.47 Å². The van der Waals surface area contributed by atoms with Crippen molar-refractivity contribution in [3.63, 3.8) is 0 Å². The fraction of sp³-hybridized carbons (Fsp3) is 0.471. The van der Waals surface area contributed by atoms with Gasteiger partial charge in [-0.25, -0.2) is 4.98 Å². The maximum absolute atomic E-state index is 5.66. The molecule has 0 spiro atoms. The summed E-state index contributed by atoms with van der Waals surface area (Å²) < 4.78 is 11.3. The second-order valence-electron chi connectivity index (χ2n) is 6.61. The normalized spacial score (nSPS) is 14.2. The third kappa shape index (κ3) is 3.20. The summed E-state index contributed by atoms with van der Waals surface area (Å²) in [5, 5.41) is 5.64. The van der Waals surface area contributed by atoms with Crippen molar-refractivity contribution in [1.82, 2.24) is 4.98 Å². The highest BCUT2D eigenvalue weighted by Gasteiger charge is 2.15. The molecule has 0 amide bonds. The first-order valence-corrected chi connectivity index (χ1v) is 7.45. The minimum Gasteiger partial charge on any atom is -0.486 e. The van der Waals surface area contributed by atoms with Crippen LogP contribution in [0.1, 0.15) is 27.2 Å². The van der Waals surface area contributed by atoms with Crippen molar-refractivity contribution in [3.05, 3.63) is 24.4 Å². The monoisotopic (exact) mass is 286 g/mol. The highest BCUT2D eigenvalue weighted by atomic mass is 16.6. The topological polar surface area (TPSA) is 43.4 Å². The standard InChI is InChI=1S/C17H22N2O2/c1-17(2,3)5-7-19-16-13-11-15-14(20-8-9-21-15)10-12(13)4-6-18-16/h4,6,10-11H,5,7-9H2,1-3H3,(H,18,19). The Labute approximate surface area is 125 Å². The Balaban J connectivity index is 1.88. The zero-order valence-corrected chi connectivity index (χ0v) is 12.9. The number of anilines is 1. The third-order valence-corrected chi connectivity index (χ3v) is 3.59. The molecule has 2 heterocycles. The molecule has 112 valence electrons. The lowest BCUT2D eigenvalue weighted by molar-refractivity contribution is 0.172. The van der Waals surface area contributed by atoms with Crippen molar-refractivity contribution in [1.29, 1.82) is 0 Å². The second-order valence-corrected chi connectivity index (χ2v) is 6.61. The molecule has 0 unspecified atom stereocenters. The zero-order valence-electron chi connectivity index (χ0n) is 12.9. The maximum Gasteiger partial charge on any atom is 0.162 e. The van der Waals surface area contributed by atoms with E-state index >= 15 is 0 Å². The lowest BCUT2D eigenvalue weighted by Gasteiger charge is -2.20. The molecule has 1 aliphatic rings. The number of hydrogen-bond acceptors (Lipinski definition) is 4. The van der Waals surface area contributed by atoms with Gasteiger partial charge in [0.05, 0.1) is 0 Å². The molecule has 0 atom stereocenters. The molecular formula is C17H22N2O2. The summed E-state index contributed by atoms with van der Waals surface area (Å²) in [6.45, 7) is 8.85. The molecule has 0 radical (unpaired) electrons. The molecular weight excluding hydrogens is 264 g/mol. The molecule has 2 aromatic rings. The van der Waals surface area contributed by atoms with Gasteiger partial charge in [0.1, 0.15) is 19.0 Å². The van der Waals surface area contributed by atoms with Crippen LogP contribution in [0.25, 0.3) is 10.8 Å². The molecule has 3 rings (SSSR count). The smallest absolute Gasteiger partial charge is 0.162 e. The number of nitrogens with one attached hydrogen (secondary N) is 1. The van der Waals surface area contributed by atoms with E-state index in [2.05, 4.69) is 31.1 Å². The van der Waals surface area contributed by atoms with Crippen molar-refractivity contribution in [2.24, 2.45) is 5.41 Å². The lowest BCUT2D eigenvalue weighted by Crippen LogP contribution is -2.15. The van der Waals surface area contributed by atoms with Crippen LogP contribution >= 0.6 is 0 Å². The zero-order chi connectivity index (χ0) is 14.9. The summed E-state index contributed by atoms with van der Waals surface area (Å²) in [6, 6.07) is 6.05. The molecule has 21 heavy (non-hydrogen) atoms. The van der Waals surface area contributed by atoms with E-state index < -0.39 is 0 Å². The van der Waals surface area contributed by atoms with E-state index in [1.165, 1.54) is 0 Å². The molecule has 1 N–H and O–H groups in total. The van der Waals surface area contributed by atoms with Crippen LogP contribution in [0.2, 0.25) is 0 Å². The molecule has 1 aromatic heterocycles. The van der Waals surface area contributed by atoms with Gasteiger partial charge in [0.25, 0.3) is 0 Å². The Morgan fingerprint density at radius 3 is 2.57 bits per heavy atom. The van der Waals surface area contributed by atoms with Crippen LogP contribution in [0, 0.1) is 5.41 Å². The molecule has 4 heteroatoms. The quantitative estimate of drug-likeness (QED) is 0.930.